The summed E-state index contributed by atoms with van der Waals surface area (Å²) in [6.07, 6.45) is 49.6. The quantitative estimate of drug-likeness (QED) is 0.128. The molecular formula is C59H82N4O. The van der Waals surface area contributed by atoms with Gasteiger partial charge in [-0.15, -0.1) is 0 Å². The van der Waals surface area contributed by atoms with Crippen LogP contribution in [0, 0.1) is 52.8 Å². The molecule has 9 rings (SSSR count). The van der Waals surface area contributed by atoms with Gasteiger partial charge in [-0.05, 0) is 168 Å². The van der Waals surface area contributed by atoms with E-state index in [0.717, 1.165) is 76.2 Å². The van der Waals surface area contributed by atoms with Gasteiger partial charge in [-0.25, -0.2) is 0 Å². The lowest BCUT2D eigenvalue weighted by molar-refractivity contribution is 0.0150. The highest BCUT2D eigenvalue weighted by Gasteiger charge is 2.56. The summed E-state index contributed by atoms with van der Waals surface area (Å²) >= 11 is 0. The van der Waals surface area contributed by atoms with E-state index in [0.29, 0.717) is 42.2 Å². The molecule has 5 heteroatoms. The summed E-state index contributed by atoms with van der Waals surface area (Å²) in [6, 6.07) is 0.115. The van der Waals surface area contributed by atoms with Gasteiger partial charge in [-0.1, -0.05) is 113 Å². The predicted octanol–water partition coefficient (Wildman–Crippen LogP) is 13.6. The first-order chi connectivity index (χ1) is 31.0. The van der Waals surface area contributed by atoms with Gasteiger partial charge >= 0.3 is 0 Å². The van der Waals surface area contributed by atoms with Crippen molar-refractivity contribution in [2.75, 3.05) is 20.3 Å². The van der Waals surface area contributed by atoms with Crippen LogP contribution in [0.4, 0.5) is 0 Å². The molecule has 0 bridgehead atoms. The molecule has 1 aliphatic heterocycles. The lowest BCUT2D eigenvalue weighted by Gasteiger charge is -2.47. The van der Waals surface area contributed by atoms with Crippen LogP contribution in [-0.4, -0.2) is 37.6 Å². The standard InChI is InChI=1S/C59H82N4O/c1-39-20-23-45(24-21-39)48-36-53(49(35-42(48)4)47-19-13-12-16-41(47)3)61-37-54(60-7)56(46-27-25-44(26-28-46)43-17-10-8-11-18-43)63-38-62-52-30-29-51-50-34-40(2)22-31-55(50)64-59(51,6)57(52)58(5)32-14-9-15-33-58/h8-12,14-17,23,25,32,36,39-43,46-47,51,54,60-62H,13,18-22,24,26-31,33-35,37-38H2,1-7H3. The summed E-state index contributed by atoms with van der Waals surface area (Å²) in [5.41, 5.74) is 13.2. The highest BCUT2D eigenvalue weighted by molar-refractivity contribution is 5.92. The highest BCUT2D eigenvalue weighted by Crippen LogP contribution is 2.59. The van der Waals surface area contributed by atoms with Crippen LogP contribution < -0.4 is 16.0 Å². The summed E-state index contributed by atoms with van der Waals surface area (Å²) in [5, 5.41) is 12.1. The van der Waals surface area contributed by atoms with Gasteiger partial charge in [-0.2, -0.15) is 0 Å². The third-order valence-electron chi connectivity index (χ3n) is 17.5. The molecule has 11 atom stereocenters. The zero-order chi connectivity index (χ0) is 44.4. The van der Waals surface area contributed by atoms with Gasteiger partial charge in [0.05, 0.1) is 11.8 Å². The smallest absolute Gasteiger partial charge is 0.136 e. The van der Waals surface area contributed by atoms with Gasteiger partial charge in [0.2, 0.25) is 0 Å². The zero-order valence-corrected chi connectivity index (χ0v) is 40.8. The lowest BCUT2D eigenvalue weighted by Crippen LogP contribution is -2.48. The second-order valence-electron chi connectivity index (χ2n) is 22.1. The number of nitrogens with one attached hydrogen (secondary N) is 3. The number of allylic oxidation sites excluding steroid dienone is 19. The Bertz CT molecular complexity index is 2150. The largest absolute Gasteiger partial charge is 0.487 e. The van der Waals surface area contributed by atoms with Crippen molar-refractivity contribution in [1.29, 1.82) is 0 Å². The molecule has 5 nitrogen and oxygen atoms in total. The van der Waals surface area contributed by atoms with Crippen molar-refractivity contribution in [2.24, 2.45) is 57.8 Å². The van der Waals surface area contributed by atoms with Crippen LogP contribution in [0.1, 0.15) is 144 Å². The summed E-state index contributed by atoms with van der Waals surface area (Å²) in [7, 11) is 2.17. The number of likely N-dealkylation sites (N-methyl/N-ethyl adjacent to an activating group) is 1. The molecule has 9 aliphatic rings. The minimum absolute atomic E-state index is 0.102. The van der Waals surface area contributed by atoms with Crippen LogP contribution in [0.2, 0.25) is 0 Å². The third kappa shape index (κ3) is 9.28. The maximum absolute atomic E-state index is 7.25. The number of ether oxygens (including phenoxy) is 1. The number of hydrogen-bond acceptors (Lipinski definition) is 5. The molecule has 11 unspecified atom stereocenters. The van der Waals surface area contributed by atoms with E-state index in [1.54, 1.807) is 27.9 Å². The molecule has 0 aromatic rings. The van der Waals surface area contributed by atoms with Gasteiger partial charge in [-0.3, -0.25) is 4.99 Å². The Hall–Kier alpha value is -3.83. The SMILES string of the molecule is CNC(CNC1=C(C2CCC=CC2C)CC(C)C(C2=CCC(C)CC2)=C1)C(=NCNC1=C(C2(C)C=CC=CC2)C2(C)OC3=C(CC(C)CC3)C2CC1)C1CC=C(C2C=CC=CC2)CC1. The fourth-order valence-electron chi connectivity index (χ4n) is 13.8. The first-order valence-corrected chi connectivity index (χ1v) is 26.1. The molecule has 3 N–H and O–H groups in total. The van der Waals surface area contributed by atoms with E-state index in [9.17, 15) is 0 Å². The molecule has 0 saturated heterocycles. The summed E-state index contributed by atoms with van der Waals surface area (Å²) in [6.45, 7) is 16.1. The molecule has 0 amide bonds. The molecule has 64 heavy (non-hydrogen) atoms. The van der Waals surface area contributed by atoms with Crippen LogP contribution in [0.3, 0.4) is 0 Å². The van der Waals surface area contributed by atoms with Crippen LogP contribution in [0.25, 0.3) is 0 Å². The van der Waals surface area contributed by atoms with Crippen molar-refractivity contribution in [3.63, 3.8) is 0 Å². The van der Waals surface area contributed by atoms with Crippen molar-refractivity contribution in [1.82, 2.24) is 16.0 Å². The molecule has 8 aliphatic carbocycles. The van der Waals surface area contributed by atoms with Crippen LogP contribution in [-0.2, 0) is 4.74 Å². The highest BCUT2D eigenvalue weighted by atomic mass is 16.5. The number of fused-ring (bicyclic) bond motifs is 2. The van der Waals surface area contributed by atoms with Crippen LogP contribution in [0.15, 0.2) is 135 Å². The van der Waals surface area contributed by atoms with Crippen molar-refractivity contribution < 1.29 is 4.74 Å². The molecular weight excluding hydrogens is 781 g/mol. The Kier molecular flexibility index (Phi) is 13.9. The number of nitrogens with zero attached hydrogens (tertiary/aromatic N) is 1. The van der Waals surface area contributed by atoms with Gasteiger partial charge in [0.15, 0.2) is 0 Å². The molecule has 344 valence electrons. The first kappa shape index (κ1) is 45.3. The van der Waals surface area contributed by atoms with E-state index in [1.165, 1.54) is 73.4 Å². The second-order valence-corrected chi connectivity index (χ2v) is 22.1. The van der Waals surface area contributed by atoms with Crippen LogP contribution in [0.5, 0.6) is 0 Å². The van der Waals surface area contributed by atoms with E-state index in [4.69, 9.17) is 9.73 Å². The number of aliphatic imine (C=N–C) groups is 1. The average Bonchev–Trinajstić information content (AvgIpc) is 3.60. The average molecular weight is 863 g/mol. The summed E-state index contributed by atoms with van der Waals surface area (Å²) in [5.74, 6) is 5.95. The Morgan fingerprint density at radius 2 is 1.67 bits per heavy atom. The van der Waals surface area contributed by atoms with E-state index in [-0.39, 0.29) is 17.1 Å². The van der Waals surface area contributed by atoms with E-state index >= 15 is 0 Å². The number of hydrogen-bond donors (Lipinski definition) is 3. The van der Waals surface area contributed by atoms with Crippen molar-refractivity contribution >= 4 is 5.71 Å². The Balaban J connectivity index is 1.03. The van der Waals surface area contributed by atoms with E-state index in [1.807, 2.05) is 0 Å². The summed E-state index contributed by atoms with van der Waals surface area (Å²) in [4.78, 5) is 5.72. The maximum Gasteiger partial charge on any atom is 0.136 e. The third-order valence-corrected chi connectivity index (χ3v) is 17.5. The molecule has 0 aromatic carbocycles. The van der Waals surface area contributed by atoms with Gasteiger partial charge in [0.1, 0.15) is 12.3 Å². The molecule has 1 heterocycles. The Morgan fingerprint density at radius 3 is 2.41 bits per heavy atom. The lowest BCUT2D eigenvalue weighted by atomic mass is 9.61. The molecule has 0 fully saturated rings. The zero-order valence-electron chi connectivity index (χ0n) is 40.8. The van der Waals surface area contributed by atoms with Gasteiger partial charge in [0, 0.05) is 58.8 Å². The Morgan fingerprint density at radius 1 is 0.812 bits per heavy atom. The first-order valence-electron chi connectivity index (χ1n) is 26.1. The maximum atomic E-state index is 7.25. The second kappa shape index (κ2) is 19.6. The predicted molar refractivity (Wildman–Crippen MR) is 269 cm³/mol. The van der Waals surface area contributed by atoms with E-state index in [2.05, 4.69) is 144 Å². The van der Waals surface area contributed by atoms with Crippen molar-refractivity contribution in [2.45, 2.75) is 156 Å². The minimum Gasteiger partial charge on any atom is -0.487 e. The Labute approximate surface area is 388 Å². The summed E-state index contributed by atoms with van der Waals surface area (Å²) < 4.78 is 7.25. The van der Waals surface area contributed by atoms with Gasteiger partial charge in [0.25, 0.3) is 0 Å². The fraction of sp³-hybridized carbons (Fsp3) is 0.610. The van der Waals surface area contributed by atoms with Crippen LogP contribution >= 0.6 is 0 Å². The minimum atomic E-state index is -0.330. The van der Waals surface area contributed by atoms with Gasteiger partial charge < -0.3 is 20.7 Å². The molecule has 0 aromatic heterocycles. The fourth-order valence-corrected chi connectivity index (χ4v) is 13.8. The number of rotatable bonds is 13. The van der Waals surface area contributed by atoms with Crippen molar-refractivity contribution in [3.05, 3.63) is 130 Å². The van der Waals surface area contributed by atoms with E-state index < -0.39 is 0 Å². The molecule has 0 saturated carbocycles. The monoisotopic (exact) mass is 863 g/mol. The normalized spacial score (nSPS) is 36.9. The van der Waals surface area contributed by atoms with Crippen molar-refractivity contribution in [3.8, 4) is 0 Å². The molecule has 0 spiro atoms. The topological polar surface area (TPSA) is 57.7 Å². The molecule has 0 radical (unpaired) electrons.